The van der Waals surface area contributed by atoms with E-state index in [1.54, 1.807) is 10.7 Å². The first-order chi connectivity index (χ1) is 12.5. The highest BCUT2D eigenvalue weighted by atomic mass is 16.1. The number of hydrogen-bond acceptors (Lipinski definition) is 5. The maximum absolute atomic E-state index is 12.8. The van der Waals surface area contributed by atoms with Crippen LogP contribution in [0.4, 0.5) is 5.82 Å². The number of rotatable bonds is 4. The van der Waals surface area contributed by atoms with Gasteiger partial charge in [0, 0.05) is 45.0 Å². The van der Waals surface area contributed by atoms with Crippen LogP contribution in [-0.2, 0) is 13.6 Å². The predicted octanol–water partition coefficient (Wildman–Crippen LogP) is 0.844. The molecule has 1 aliphatic heterocycles. The van der Waals surface area contributed by atoms with Gasteiger partial charge in [-0.15, -0.1) is 0 Å². The Labute approximate surface area is 151 Å². The molecule has 0 saturated carbocycles. The van der Waals surface area contributed by atoms with Gasteiger partial charge in [0.1, 0.15) is 5.82 Å². The Morgan fingerprint density at radius 2 is 2.27 bits per heavy atom. The minimum Gasteiger partial charge on any atom is -0.355 e. The zero-order valence-corrected chi connectivity index (χ0v) is 15.0. The van der Waals surface area contributed by atoms with Crippen LogP contribution in [0.2, 0.25) is 0 Å². The van der Waals surface area contributed by atoms with Gasteiger partial charge in [-0.2, -0.15) is 10.2 Å². The molecule has 3 N–H and O–H groups in total. The summed E-state index contributed by atoms with van der Waals surface area (Å²) in [6.45, 7) is 4.10. The molecule has 26 heavy (non-hydrogen) atoms. The summed E-state index contributed by atoms with van der Waals surface area (Å²) >= 11 is 0. The van der Waals surface area contributed by atoms with E-state index in [0.29, 0.717) is 12.1 Å². The summed E-state index contributed by atoms with van der Waals surface area (Å²) in [4.78, 5) is 15.0. The second-order valence-electron chi connectivity index (χ2n) is 6.80. The summed E-state index contributed by atoms with van der Waals surface area (Å²) in [6, 6.07) is 6.00. The lowest BCUT2D eigenvalue weighted by Gasteiger charge is -2.18. The molecule has 1 aliphatic rings. The van der Waals surface area contributed by atoms with Crippen molar-refractivity contribution in [2.75, 3.05) is 18.0 Å². The molecular weight excluding hydrogens is 330 g/mol. The van der Waals surface area contributed by atoms with Gasteiger partial charge in [0.15, 0.2) is 0 Å². The third-order valence-corrected chi connectivity index (χ3v) is 4.89. The molecular formula is C18H23N7O. The second-order valence-corrected chi connectivity index (χ2v) is 6.80. The molecule has 0 aromatic carbocycles. The van der Waals surface area contributed by atoms with Gasteiger partial charge in [0.2, 0.25) is 0 Å². The fourth-order valence-electron chi connectivity index (χ4n) is 3.57. The minimum atomic E-state index is -0.0952. The lowest BCUT2D eigenvalue weighted by atomic mass is 10.2. The largest absolute Gasteiger partial charge is 0.355 e. The first kappa shape index (κ1) is 16.6. The van der Waals surface area contributed by atoms with E-state index in [0.717, 1.165) is 42.1 Å². The Bertz CT molecular complexity index is 958. The summed E-state index contributed by atoms with van der Waals surface area (Å²) < 4.78 is 3.59. The van der Waals surface area contributed by atoms with Crippen LogP contribution in [0.3, 0.4) is 0 Å². The van der Waals surface area contributed by atoms with Crippen LogP contribution >= 0.6 is 0 Å². The Morgan fingerprint density at radius 1 is 1.42 bits per heavy atom. The number of nitrogens with two attached hydrogens (primary N) is 1. The van der Waals surface area contributed by atoms with Crippen molar-refractivity contribution >= 4 is 17.2 Å². The number of carbonyl (C=O) groups excluding carboxylic acids is 1. The molecule has 8 nitrogen and oxygen atoms in total. The van der Waals surface area contributed by atoms with E-state index < -0.39 is 0 Å². The summed E-state index contributed by atoms with van der Waals surface area (Å²) in [5.41, 5.74) is 9.04. The lowest BCUT2D eigenvalue weighted by molar-refractivity contribution is 0.0942. The number of aryl methyl sites for hydroxylation is 2. The number of aromatic nitrogens is 4. The van der Waals surface area contributed by atoms with Crippen LogP contribution in [0.15, 0.2) is 30.6 Å². The van der Waals surface area contributed by atoms with Crippen molar-refractivity contribution in [2.45, 2.75) is 25.9 Å². The quantitative estimate of drug-likeness (QED) is 0.725. The van der Waals surface area contributed by atoms with Crippen molar-refractivity contribution in [3.05, 3.63) is 47.4 Å². The molecule has 1 atom stereocenters. The zero-order valence-electron chi connectivity index (χ0n) is 15.0. The van der Waals surface area contributed by atoms with Gasteiger partial charge in [0.05, 0.1) is 23.0 Å². The summed E-state index contributed by atoms with van der Waals surface area (Å²) in [7, 11) is 1.95. The summed E-state index contributed by atoms with van der Waals surface area (Å²) in [5, 5.41) is 11.8. The van der Waals surface area contributed by atoms with Gasteiger partial charge in [-0.1, -0.05) is 0 Å². The third kappa shape index (κ3) is 2.92. The second kappa shape index (κ2) is 6.45. The molecule has 1 amide bonds. The first-order valence-corrected chi connectivity index (χ1v) is 8.78. The van der Waals surface area contributed by atoms with Crippen LogP contribution in [0, 0.1) is 6.92 Å². The normalized spacial score (nSPS) is 17.2. The highest BCUT2D eigenvalue weighted by Crippen LogP contribution is 2.21. The number of hydrogen-bond donors (Lipinski definition) is 2. The van der Waals surface area contributed by atoms with Crippen LogP contribution in [0.25, 0.3) is 5.52 Å². The SMILES string of the molecule is Cc1cc(N2CCC(NC(=O)c3cnn4ccc(CN)cc34)C2)n(C)n1. The fraction of sp³-hybridized carbons (Fsp3) is 0.389. The highest BCUT2D eigenvalue weighted by molar-refractivity contribution is 6.00. The van der Waals surface area contributed by atoms with Crippen LogP contribution in [0.1, 0.15) is 28.0 Å². The van der Waals surface area contributed by atoms with Crippen molar-refractivity contribution < 1.29 is 4.79 Å². The average Bonchev–Trinajstić information content (AvgIpc) is 3.32. The van der Waals surface area contributed by atoms with Crippen molar-refractivity contribution in [2.24, 2.45) is 12.8 Å². The van der Waals surface area contributed by atoms with Gasteiger partial charge in [-0.05, 0) is 31.0 Å². The van der Waals surface area contributed by atoms with E-state index in [1.165, 1.54) is 0 Å². The van der Waals surface area contributed by atoms with Crippen LogP contribution in [0.5, 0.6) is 0 Å². The van der Waals surface area contributed by atoms with Crippen molar-refractivity contribution in [3.8, 4) is 0 Å². The van der Waals surface area contributed by atoms with E-state index in [-0.39, 0.29) is 11.9 Å². The molecule has 3 aromatic heterocycles. The van der Waals surface area contributed by atoms with E-state index in [2.05, 4.69) is 26.5 Å². The number of carbonyl (C=O) groups is 1. The smallest absolute Gasteiger partial charge is 0.255 e. The number of fused-ring (bicyclic) bond motifs is 1. The molecule has 1 saturated heterocycles. The summed E-state index contributed by atoms with van der Waals surface area (Å²) in [5.74, 6) is 0.991. The Hall–Kier alpha value is -2.87. The van der Waals surface area contributed by atoms with Gasteiger partial charge >= 0.3 is 0 Å². The molecule has 1 fully saturated rings. The highest BCUT2D eigenvalue weighted by Gasteiger charge is 2.27. The molecule has 4 heterocycles. The Kier molecular flexibility index (Phi) is 4.12. The molecule has 136 valence electrons. The van der Waals surface area contributed by atoms with Gasteiger partial charge in [-0.3, -0.25) is 9.48 Å². The Morgan fingerprint density at radius 3 is 3.00 bits per heavy atom. The molecule has 0 radical (unpaired) electrons. The monoisotopic (exact) mass is 353 g/mol. The number of anilines is 1. The first-order valence-electron chi connectivity index (χ1n) is 8.78. The lowest BCUT2D eigenvalue weighted by Crippen LogP contribution is -2.37. The minimum absolute atomic E-state index is 0.0952. The van der Waals surface area contributed by atoms with Crippen molar-refractivity contribution in [1.82, 2.24) is 24.7 Å². The molecule has 3 aromatic rings. The number of nitrogens with one attached hydrogen (secondary N) is 1. The number of pyridine rings is 1. The van der Waals surface area contributed by atoms with Crippen molar-refractivity contribution in [1.29, 1.82) is 0 Å². The number of amides is 1. The maximum Gasteiger partial charge on any atom is 0.255 e. The van der Waals surface area contributed by atoms with E-state index in [1.807, 2.05) is 37.0 Å². The zero-order chi connectivity index (χ0) is 18.3. The summed E-state index contributed by atoms with van der Waals surface area (Å²) in [6.07, 6.45) is 4.35. The fourth-order valence-corrected chi connectivity index (χ4v) is 3.57. The topological polar surface area (TPSA) is 93.5 Å². The molecule has 1 unspecified atom stereocenters. The third-order valence-electron chi connectivity index (χ3n) is 4.89. The maximum atomic E-state index is 12.8. The van der Waals surface area contributed by atoms with Gasteiger partial charge in [0.25, 0.3) is 5.91 Å². The molecule has 4 rings (SSSR count). The van der Waals surface area contributed by atoms with E-state index in [9.17, 15) is 4.79 Å². The van der Waals surface area contributed by atoms with Gasteiger partial charge < -0.3 is 16.0 Å². The van der Waals surface area contributed by atoms with Gasteiger partial charge in [-0.25, -0.2) is 4.52 Å². The van der Waals surface area contributed by atoms with Crippen molar-refractivity contribution in [3.63, 3.8) is 0 Å². The number of nitrogens with zero attached hydrogens (tertiary/aromatic N) is 5. The molecule has 8 heteroatoms. The molecule has 0 bridgehead atoms. The molecule has 0 aliphatic carbocycles. The van der Waals surface area contributed by atoms with E-state index >= 15 is 0 Å². The van der Waals surface area contributed by atoms with Crippen LogP contribution in [-0.4, -0.2) is 44.4 Å². The van der Waals surface area contributed by atoms with E-state index in [4.69, 9.17) is 5.73 Å². The Balaban J connectivity index is 1.48. The molecule has 0 spiro atoms. The standard InChI is InChI=1S/C18H23N7O/c1-12-7-17(23(2)22-12)24-5-4-14(11-24)21-18(26)15-10-20-25-6-3-13(9-19)8-16(15)25/h3,6-8,10,14H,4-5,9,11,19H2,1-2H3,(H,21,26). The predicted molar refractivity (Wildman–Crippen MR) is 99.1 cm³/mol. The van der Waals surface area contributed by atoms with Crippen LogP contribution < -0.4 is 16.0 Å². The average molecular weight is 353 g/mol.